The van der Waals surface area contributed by atoms with Crippen molar-refractivity contribution in [2.24, 2.45) is 0 Å². The van der Waals surface area contributed by atoms with Crippen LogP contribution in [0.1, 0.15) is 25.1 Å². The van der Waals surface area contributed by atoms with Gasteiger partial charge in [0.25, 0.3) is 5.89 Å². The van der Waals surface area contributed by atoms with Crippen molar-refractivity contribution < 1.29 is 9.26 Å². The van der Waals surface area contributed by atoms with E-state index in [1.54, 1.807) is 7.11 Å². The first kappa shape index (κ1) is 14.1. The van der Waals surface area contributed by atoms with Crippen LogP contribution < -0.4 is 4.74 Å². The number of methoxy groups -OCH3 is 1. The molecule has 2 aromatic rings. The first-order valence-corrected chi connectivity index (χ1v) is 7.54. The molecule has 1 aliphatic rings. The monoisotopic (exact) mass is 287 g/mol. The predicted octanol–water partition coefficient (Wildman–Crippen LogP) is 2.77. The van der Waals surface area contributed by atoms with Gasteiger partial charge in [-0.25, -0.2) is 0 Å². The molecule has 5 heteroatoms. The smallest absolute Gasteiger partial charge is 0.257 e. The molecular weight excluding hydrogens is 266 g/mol. The maximum Gasteiger partial charge on any atom is 0.257 e. The van der Waals surface area contributed by atoms with Gasteiger partial charge in [0.05, 0.1) is 7.11 Å². The number of hydrogen-bond acceptors (Lipinski definition) is 5. The summed E-state index contributed by atoms with van der Waals surface area (Å²) < 4.78 is 10.5. The molecule has 0 aliphatic carbocycles. The standard InChI is InChI=1S/C16H21N3O2/c1-20-14-7-5-13(6-8-14)16-17-15(18-21-16)9-12-19-10-3-2-4-11-19/h5-8H,2-4,9-12H2,1H3. The molecule has 1 aromatic heterocycles. The lowest BCUT2D eigenvalue weighted by Gasteiger charge is -2.25. The molecule has 0 unspecified atom stereocenters. The highest BCUT2D eigenvalue weighted by molar-refractivity contribution is 5.54. The number of nitrogens with zero attached hydrogens (tertiary/aromatic N) is 3. The molecule has 1 aromatic carbocycles. The lowest BCUT2D eigenvalue weighted by Crippen LogP contribution is -2.31. The van der Waals surface area contributed by atoms with Gasteiger partial charge in [0, 0.05) is 18.5 Å². The fraction of sp³-hybridized carbons (Fsp3) is 0.500. The number of rotatable bonds is 5. The second-order valence-electron chi connectivity index (χ2n) is 5.40. The van der Waals surface area contributed by atoms with Crippen molar-refractivity contribution in [1.82, 2.24) is 15.0 Å². The molecule has 2 heterocycles. The van der Waals surface area contributed by atoms with Gasteiger partial charge in [0.1, 0.15) is 5.75 Å². The van der Waals surface area contributed by atoms with Gasteiger partial charge >= 0.3 is 0 Å². The maximum atomic E-state index is 5.34. The van der Waals surface area contributed by atoms with Crippen LogP contribution in [0.15, 0.2) is 28.8 Å². The molecule has 1 fully saturated rings. The Morgan fingerprint density at radius 3 is 2.62 bits per heavy atom. The summed E-state index contributed by atoms with van der Waals surface area (Å²) in [6, 6.07) is 7.65. The Morgan fingerprint density at radius 2 is 1.90 bits per heavy atom. The summed E-state index contributed by atoms with van der Waals surface area (Å²) >= 11 is 0. The minimum atomic E-state index is 0.575. The number of aromatic nitrogens is 2. The van der Waals surface area contributed by atoms with Gasteiger partial charge in [-0.05, 0) is 50.2 Å². The zero-order chi connectivity index (χ0) is 14.5. The lowest BCUT2D eigenvalue weighted by molar-refractivity contribution is 0.229. The maximum absolute atomic E-state index is 5.34. The van der Waals surface area contributed by atoms with Crippen molar-refractivity contribution in [3.8, 4) is 17.2 Å². The molecule has 0 radical (unpaired) electrons. The molecule has 0 N–H and O–H groups in total. The van der Waals surface area contributed by atoms with Gasteiger partial charge in [-0.2, -0.15) is 4.98 Å². The average Bonchev–Trinajstić information content (AvgIpc) is 3.03. The zero-order valence-corrected chi connectivity index (χ0v) is 12.4. The lowest BCUT2D eigenvalue weighted by atomic mass is 10.1. The van der Waals surface area contributed by atoms with Crippen molar-refractivity contribution in [3.63, 3.8) is 0 Å². The van der Waals surface area contributed by atoms with Gasteiger partial charge in [-0.15, -0.1) is 0 Å². The molecule has 3 rings (SSSR count). The van der Waals surface area contributed by atoms with Crippen LogP contribution in [-0.4, -0.2) is 41.8 Å². The van der Waals surface area contributed by atoms with Crippen molar-refractivity contribution in [1.29, 1.82) is 0 Å². The molecule has 112 valence electrons. The highest BCUT2D eigenvalue weighted by atomic mass is 16.5. The molecule has 0 amide bonds. The largest absolute Gasteiger partial charge is 0.497 e. The minimum Gasteiger partial charge on any atom is -0.497 e. The molecule has 21 heavy (non-hydrogen) atoms. The number of likely N-dealkylation sites (tertiary alicyclic amines) is 1. The molecule has 0 atom stereocenters. The first-order chi connectivity index (χ1) is 10.3. The van der Waals surface area contributed by atoms with Crippen molar-refractivity contribution >= 4 is 0 Å². The normalized spacial score (nSPS) is 16.0. The van der Waals surface area contributed by atoms with E-state index in [0.717, 1.165) is 30.1 Å². The Morgan fingerprint density at radius 1 is 1.14 bits per heavy atom. The van der Waals surface area contributed by atoms with Crippen LogP contribution in [0.3, 0.4) is 0 Å². The van der Waals surface area contributed by atoms with E-state index in [9.17, 15) is 0 Å². The molecule has 5 nitrogen and oxygen atoms in total. The van der Waals surface area contributed by atoms with E-state index in [1.807, 2.05) is 24.3 Å². The zero-order valence-electron chi connectivity index (χ0n) is 12.4. The second kappa shape index (κ2) is 6.72. The van der Waals surface area contributed by atoms with Gasteiger partial charge in [0.15, 0.2) is 5.82 Å². The van der Waals surface area contributed by atoms with Crippen LogP contribution in [0.4, 0.5) is 0 Å². The van der Waals surface area contributed by atoms with E-state index in [0.29, 0.717) is 5.89 Å². The Bertz CT molecular complexity index is 559. The molecule has 1 saturated heterocycles. The number of hydrogen-bond donors (Lipinski definition) is 0. The van der Waals surface area contributed by atoms with E-state index in [1.165, 1.54) is 32.4 Å². The fourth-order valence-corrected chi connectivity index (χ4v) is 2.65. The summed E-state index contributed by atoms with van der Waals surface area (Å²) in [7, 11) is 1.65. The Balaban J connectivity index is 1.59. The average molecular weight is 287 g/mol. The van der Waals surface area contributed by atoms with Crippen molar-refractivity contribution in [3.05, 3.63) is 30.1 Å². The third-order valence-electron chi connectivity index (χ3n) is 3.91. The summed E-state index contributed by atoms with van der Waals surface area (Å²) in [5.41, 5.74) is 0.924. The van der Waals surface area contributed by atoms with E-state index >= 15 is 0 Å². The van der Waals surface area contributed by atoms with E-state index < -0.39 is 0 Å². The van der Waals surface area contributed by atoms with E-state index in [4.69, 9.17) is 9.26 Å². The van der Waals surface area contributed by atoms with E-state index in [-0.39, 0.29) is 0 Å². The summed E-state index contributed by atoms with van der Waals surface area (Å²) in [6.07, 6.45) is 4.83. The topological polar surface area (TPSA) is 51.4 Å². The van der Waals surface area contributed by atoms with Crippen LogP contribution in [0.2, 0.25) is 0 Å². The fourth-order valence-electron chi connectivity index (χ4n) is 2.65. The first-order valence-electron chi connectivity index (χ1n) is 7.54. The second-order valence-corrected chi connectivity index (χ2v) is 5.40. The van der Waals surface area contributed by atoms with Gasteiger partial charge < -0.3 is 14.2 Å². The summed E-state index contributed by atoms with van der Waals surface area (Å²) in [4.78, 5) is 6.95. The SMILES string of the molecule is COc1ccc(-c2nc(CCN3CCCCC3)no2)cc1. The summed E-state index contributed by atoms with van der Waals surface area (Å²) in [6.45, 7) is 3.41. The van der Waals surface area contributed by atoms with Gasteiger partial charge in [-0.3, -0.25) is 0 Å². The quantitative estimate of drug-likeness (QED) is 0.846. The third kappa shape index (κ3) is 3.61. The Labute approximate surface area is 124 Å². The Hall–Kier alpha value is -1.88. The molecule has 0 saturated carbocycles. The highest BCUT2D eigenvalue weighted by Crippen LogP contribution is 2.20. The minimum absolute atomic E-state index is 0.575. The summed E-state index contributed by atoms with van der Waals surface area (Å²) in [5.74, 6) is 2.18. The van der Waals surface area contributed by atoms with Gasteiger partial charge in [0.2, 0.25) is 0 Å². The molecule has 1 aliphatic heterocycles. The van der Waals surface area contributed by atoms with Crippen LogP contribution in [-0.2, 0) is 6.42 Å². The Kier molecular flexibility index (Phi) is 4.50. The highest BCUT2D eigenvalue weighted by Gasteiger charge is 2.13. The number of benzene rings is 1. The van der Waals surface area contributed by atoms with Crippen LogP contribution in [0.5, 0.6) is 5.75 Å². The predicted molar refractivity (Wildman–Crippen MR) is 80.3 cm³/mol. The van der Waals surface area contributed by atoms with Gasteiger partial charge in [-0.1, -0.05) is 11.6 Å². The van der Waals surface area contributed by atoms with Crippen LogP contribution >= 0.6 is 0 Å². The third-order valence-corrected chi connectivity index (χ3v) is 3.91. The van der Waals surface area contributed by atoms with Crippen LogP contribution in [0.25, 0.3) is 11.5 Å². The summed E-state index contributed by atoms with van der Waals surface area (Å²) in [5, 5.41) is 4.08. The van der Waals surface area contributed by atoms with Crippen LogP contribution in [0, 0.1) is 0 Å². The van der Waals surface area contributed by atoms with Crippen molar-refractivity contribution in [2.45, 2.75) is 25.7 Å². The molecular formula is C16H21N3O2. The van der Waals surface area contributed by atoms with Crippen molar-refractivity contribution in [2.75, 3.05) is 26.7 Å². The molecule has 0 spiro atoms. The van der Waals surface area contributed by atoms with E-state index in [2.05, 4.69) is 15.0 Å². The number of piperidine rings is 1. The number of ether oxygens (including phenoxy) is 1. The molecule has 0 bridgehead atoms.